The van der Waals surface area contributed by atoms with Crippen molar-refractivity contribution in [2.45, 2.75) is 13.0 Å². The lowest BCUT2D eigenvalue weighted by molar-refractivity contribution is -0.116. The van der Waals surface area contributed by atoms with Gasteiger partial charge in [0.2, 0.25) is 5.91 Å². The van der Waals surface area contributed by atoms with E-state index in [4.69, 9.17) is 9.47 Å². The molecule has 0 saturated carbocycles. The summed E-state index contributed by atoms with van der Waals surface area (Å²) in [7, 11) is 1.94. The molecule has 1 N–H and O–H groups in total. The van der Waals surface area contributed by atoms with E-state index in [0.29, 0.717) is 26.3 Å². The summed E-state index contributed by atoms with van der Waals surface area (Å²) in [5, 5.41) is 2.59. The number of fused-ring (bicyclic) bond motifs is 1. The van der Waals surface area contributed by atoms with Crippen molar-refractivity contribution in [2.24, 2.45) is 0 Å². The summed E-state index contributed by atoms with van der Waals surface area (Å²) in [6.07, 6.45) is 0.287. The lowest BCUT2D eigenvalue weighted by Gasteiger charge is -2.21. The lowest BCUT2D eigenvalue weighted by Crippen LogP contribution is -2.24. The Morgan fingerprint density at radius 3 is 2.72 bits per heavy atom. The molecule has 0 aromatic heterocycles. The zero-order chi connectivity index (χ0) is 17.6. The molecule has 132 valence electrons. The molecule has 0 spiro atoms. The average molecular weight is 344 g/mol. The Kier molecular flexibility index (Phi) is 5.50. The highest BCUT2D eigenvalue weighted by molar-refractivity contribution is 5.90. The van der Waals surface area contributed by atoms with E-state index >= 15 is 0 Å². The van der Waals surface area contributed by atoms with Crippen molar-refractivity contribution in [3.8, 4) is 11.5 Å². The number of para-hydroxylation sites is 1. The van der Waals surface area contributed by atoms with Crippen LogP contribution < -0.4 is 14.8 Å². The van der Waals surface area contributed by atoms with Crippen LogP contribution in [-0.2, 0) is 11.3 Å². The summed E-state index contributed by atoms with van der Waals surface area (Å²) in [6.45, 7) is 2.38. The van der Waals surface area contributed by atoms with Crippen LogP contribution in [0.25, 0.3) is 0 Å². The summed E-state index contributed by atoms with van der Waals surface area (Å²) in [5.74, 6) is 0.885. The molecule has 2 aromatic rings. The van der Waals surface area contributed by atoms with E-state index in [9.17, 15) is 9.18 Å². The molecule has 1 heterocycles. The minimum Gasteiger partial charge on any atom is -0.486 e. The number of anilines is 1. The second kappa shape index (κ2) is 7.98. The summed E-state index contributed by atoms with van der Waals surface area (Å²) >= 11 is 0. The number of hydrogen-bond donors (Lipinski definition) is 1. The topological polar surface area (TPSA) is 50.8 Å². The summed E-state index contributed by atoms with van der Waals surface area (Å²) in [4.78, 5) is 14.0. The minimum atomic E-state index is -0.430. The van der Waals surface area contributed by atoms with Gasteiger partial charge in [-0.25, -0.2) is 4.39 Å². The molecule has 25 heavy (non-hydrogen) atoms. The molecule has 5 nitrogen and oxygen atoms in total. The third-order valence-corrected chi connectivity index (χ3v) is 3.93. The fourth-order valence-corrected chi connectivity index (χ4v) is 2.64. The van der Waals surface area contributed by atoms with E-state index in [1.54, 1.807) is 18.2 Å². The molecule has 0 unspecified atom stereocenters. The zero-order valence-electron chi connectivity index (χ0n) is 14.1. The molecule has 2 aromatic carbocycles. The highest BCUT2D eigenvalue weighted by Gasteiger charge is 2.13. The Labute approximate surface area is 146 Å². The molecule has 0 bridgehead atoms. The smallest absolute Gasteiger partial charge is 0.225 e. The van der Waals surface area contributed by atoms with Crippen molar-refractivity contribution in [1.29, 1.82) is 0 Å². The second-order valence-electron chi connectivity index (χ2n) is 5.99. The first kappa shape index (κ1) is 17.2. The largest absolute Gasteiger partial charge is 0.486 e. The maximum Gasteiger partial charge on any atom is 0.225 e. The standard InChI is InChI=1S/C19H21FN2O3/c1-22(9-8-19(23)21-16-5-3-2-4-15(16)20)13-14-6-7-17-18(12-14)25-11-10-24-17/h2-7,12H,8-11,13H2,1H3,(H,21,23). The fourth-order valence-electron chi connectivity index (χ4n) is 2.64. The van der Waals surface area contributed by atoms with Crippen LogP contribution in [0.4, 0.5) is 10.1 Å². The Morgan fingerprint density at radius 1 is 1.16 bits per heavy atom. The molecule has 1 aliphatic heterocycles. The van der Waals surface area contributed by atoms with Crippen molar-refractivity contribution >= 4 is 11.6 Å². The Morgan fingerprint density at radius 2 is 1.92 bits per heavy atom. The van der Waals surface area contributed by atoms with E-state index < -0.39 is 5.82 Å². The van der Waals surface area contributed by atoms with Gasteiger partial charge in [-0.15, -0.1) is 0 Å². The first-order chi connectivity index (χ1) is 12.1. The van der Waals surface area contributed by atoms with E-state index in [1.807, 2.05) is 30.1 Å². The maximum atomic E-state index is 13.5. The number of nitrogens with one attached hydrogen (secondary N) is 1. The van der Waals surface area contributed by atoms with Crippen molar-refractivity contribution in [1.82, 2.24) is 4.90 Å². The van der Waals surface area contributed by atoms with Crippen LogP contribution >= 0.6 is 0 Å². The van der Waals surface area contributed by atoms with Gasteiger partial charge in [-0.3, -0.25) is 4.79 Å². The van der Waals surface area contributed by atoms with Crippen LogP contribution in [0.15, 0.2) is 42.5 Å². The van der Waals surface area contributed by atoms with E-state index in [0.717, 1.165) is 17.1 Å². The molecule has 0 atom stereocenters. The fraction of sp³-hybridized carbons (Fsp3) is 0.316. The Balaban J connectivity index is 1.48. The van der Waals surface area contributed by atoms with Crippen LogP contribution in [0.5, 0.6) is 11.5 Å². The van der Waals surface area contributed by atoms with Crippen molar-refractivity contribution in [2.75, 3.05) is 32.1 Å². The van der Waals surface area contributed by atoms with Crippen molar-refractivity contribution in [3.05, 3.63) is 53.8 Å². The van der Waals surface area contributed by atoms with Gasteiger partial charge in [0.1, 0.15) is 19.0 Å². The monoisotopic (exact) mass is 344 g/mol. The number of ether oxygens (including phenoxy) is 2. The molecule has 1 aliphatic rings. The third kappa shape index (κ3) is 4.70. The molecule has 0 radical (unpaired) electrons. The molecular formula is C19H21FN2O3. The second-order valence-corrected chi connectivity index (χ2v) is 5.99. The van der Waals surface area contributed by atoms with Gasteiger partial charge in [0, 0.05) is 19.5 Å². The van der Waals surface area contributed by atoms with Crippen molar-refractivity contribution in [3.63, 3.8) is 0 Å². The van der Waals surface area contributed by atoms with Gasteiger partial charge in [-0.1, -0.05) is 18.2 Å². The van der Waals surface area contributed by atoms with E-state index in [-0.39, 0.29) is 18.0 Å². The quantitative estimate of drug-likeness (QED) is 0.875. The third-order valence-electron chi connectivity index (χ3n) is 3.93. The van der Waals surface area contributed by atoms with Gasteiger partial charge in [-0.05, 0) is 36.9 Å². The number of carbonyl (C=O) groups is 1. The number of rotatable bonds is 6. The van der Waals surface area contributed by atoms with Gasteiger partial charge < -0.3 is 19.7 Å². The first-order valence-electron chi connectivity index (χ1n) is 8.23. The predicted molar refractivity (Wildman–Crippen MR) is 93.4 cm³/mol. The van der Waals surface area contributed by atoms with Gasteiger partial charge in [0.05, 0.1) is 5.69 Å². The van der Waals surface area contributed by atoms with Crippen LogP contribution in [0.1, 0.15) is 12.0 Å². The predicted octanol–water partition coefficient (Wildman–Crippen LogP) is 3.06. The summed E-state index contributed by atoms with van der Waals surface area (Å²) < 4.78 is 24.6. The van der Waals surface area contributed by atoms with Crippen molar-refractivity contribution < 1.29 is 18.7 Å². The average Bonchev–Trinajstić information content (AvgIpc) is 2.62. The highest BCUT2D eigenvalue weighted by atomic mass is 19.1. The minimum absolute atomic E-state index is 0.209. The highest BCUT2D eigenvalue weighted by Crippen LogP contribution is 2.31. The molecular weight excluding hydrogens is 323 g/mol. The van der Waals surface area contributed by atoms with E-state index in [2.05, 4.69) is 5.32 Å². The maximum absolute atomic E-state index is 13.5. The zero-order valence-corrected chi connectivity index (χ0v) is 14.1. The molecule has 1 amide bonds. The Bertz CT molecular complexity index is 751. The Hall–Kier alpha value is -2.60. The van der Waals surface area contributed by atoms with Gasteiger partial charge >= 0.3 is 0 Å². The van der Waals surface area contributed by atoms with Gasteiger partial charge in [0.25, 0.3) is 0 Å². The molecule has 6 heteroatoms. The van der Waals surface area contributed by atoms with Gasteiger partial charge in [0.15, 0.2) is 11.5 Å². The van der Waals surface area contributed by atoms with Crippen LogP contribution in [-0.4, -0.2) is 37.6 Å². The lowest BCUT2D eigenvalue weighted by atomic mass is 10.2. The number of halogens is 1. The molecule has 0 aliphatic carbocycles. The van der Waals surface area contributed by atoms with Crippen LogP contribution in [0, 0.1) is 5.82 Å². The van der Waals surface area contributed by atoms with E-state index in [1.165, 1.54) is 6.07 Å². The number of amides is 1. The van der Waals surface area contributed by atoms with Crippen LogP contribution in [0.2, 0.25) is 0 Å². The number of hydrogen-bond acceptors (Lipinski definition) is 4. The first-order valence-corrected chi connectivity index (χ1v) is 8.23. The number of benzene rings is 2. The van der Waals surface area contributed by atoms with Crippen LogP contribution in [0.3, 0.4) is 0 Å². The molecule has 0 saturated heterocycles. The number of nitrogens with zero attached hydrogens (tertiary/aromatic N) is 1. The molecule has 0 fully saturated rings. The number of carbonyl (C=O) groups excluding carboxylic acids is 1. The SMILES string of the molecule is CN(CCC(=O)Nc1ccccc1F)Cc1ccc2c(c1)OCCO2. The summed E-state index contributed by atoms with van der Waals surface area (Å²) in [5.41, 5.74) is 1.29. The van der Waals surface area contributed by atoms with Gasteiger partial charge in [-0.2, -0.15) is 0 Å². The summed E-state index contributed by atoms with van der Waals surface area (Å²) in [6, 6.07) is 12.0. The normalized spacial score (nSPS) is 12.9. The molecule has 3 rings (SSSR count).